The van der Waals surface area contributed by atoms with E-state index in [0.717, 1.165) is 11.3 Å². The molecular weight excluding hydrogens is 429 g/mol. The van der Waals surface area contributed by atoms with Crippen molar-refractivity contribution in [3.63, 3.8) is 0 Å². The molecule has 0 unspecified atom stereocenters. The molecule has 0 aliphatic rings. The number of hydrogen-bond acceptors (Lipinski definition) is 7. The Kier molecular flexibility index (Phi) is 5.80. The molecule has 1 N–H and O–H groups in total. The van der Waals surface area contributed by atoms with Gasteiger partial charge >= 0.3 is 6.18 Å². The van der Waals surface area contributed by atoms with Crippen LogP contribution in [0.4, 0.5) is 18.3 Å². The quantitative estimate of drug-likeness (QED) is 0.566. The SMILES string of the molecule is O=C(CSc1nc(-c2ccc(Cl)cc2)cs1)Nc1nnc(C(F)(F)F)s1. The monoisotopic (exact) mass is 436 g/mol. The van der Waals surface area contributed by atoms with Crippen LogP contribution in [-0.4, -0.2) is 26.8 Å². The van der Waals surface area contributed by atoms with Gasteiger partial charge in [0.1, 0.15) is 0 Å². The molecule has 136 valence electrons. The van der Waals surface area contributed by atoms with E-state index < -0.39 is 17.1 Å². The summed E-state index contributed by atoms with van der Waals surface area (Å²) in [5, 5.41) is 9.79. The minimum absolute atomic E-state index is 0.00545. The first-order valence-corrected chi connectivity index (χ1v) is 9.92. The van der Waals surface area contributed by atoms with Crippen LogP contribution in [0.1, 0.15) is 5.01 Å². The van der Waals surface area contributed by atoms with Crippen LogP contribution in [0.3, 0.4) is 0 Å². The van der Waals surface area contributed by atoms with E-state index in [1.54, 1.807) is 12.1 Å². The number of hydrogen-bond donors (Lipinski definition) is 1. The second kappa shape index (κ2) is 7.91. The molecule has 3 aromatic rings. The molecule has 2 aromatic heterocycles. The highest BCUT2D eigenvalue weighted by molar-refractivity contribution is 8.01. The maximum atomic E-state index is 12.4. The highest BCUT2D eigenvalue weighted by Gasteiger charge is 2.35. The van der Waals surface area contributed by atoms with Gasteiger partial charge in [0.2, 0.25) is 16.0 Å². The van der Waals surface area contributed by atoms with Crippen LogP contribution in [0.5, 0.6) is 0 Å². The average molecular weight is 437 g/mol. The molecule has 0 saturated heterocycles. The number of anilines is 1. The number of carbonyl (C=O) groups is 1. The van der Waals surface area contributed by atoms with Gasteiger partial charge in [-0.05, 0) is 12.1 Å². The van der Waals surface area contributed by atoms with Crippen molar-refractivity contribution in [1.82, 2.24) is 15.2 Å². The van der Waals surface area contributed by atoms with Crippen molar-refractivity contribution in [1.29, 1.82) is 0 Å². The lowest BCUT2D eigenvalue weighted by Crippen LogP contribution is -2.13. The molecule has 0 bridgehead atoms. The lowest BCUT2D eigenvalue weighted by atomic mass is 10.2. The van der Waals surface area contributed by atoms with Gasteiger partial charge in [-0.15, -0.1) is 21.5 Å². The predicted molar refractivity (Wildman–Crippen MR) is 96.8 cm³/mol. The minimum atomic E-state index is -4.58. The Bertz CT molecular complexity index is 911. The van der Waals surface area contributed by atoms with Crippen LogP contribution in [0.15, 0.2) is 34.0 Å². The number of rotatable bonds is 5. The Labute approximate surface area is 162 Å². The van der Waals surface area contributed by atoms with E-state index in [4.69, 9.17) is 11.6 Å². The number of alkyl halides is 3. The van der Waals surface area contributed by atoms with Crippen LogP contribution in [-0.2, 0) is 11.0 Å². The molecule has 1 amide bonds. The predicted octanol–water partition coefficient (Wildman–Crippen LogP) is 5.06. The van der Waals surface area contributed by atoms with E-state index in [2.05, 4.69) is 20.5 Å². The summed E-state index contributed by atoms with van der Waals surface area (Å²) in [6.07, 6.45) is -4.58. The highest BCUT2D eigenvalue weighted by atomic mass is 35.5. The van der Waals surface area contributed by atoms with Crippen LogP contribution >= 0.6 is 46.0 Å². The molecule has 2 heterocycles. The van der Waals surface area contributed by atoms with E-state index in [1.807, 2.05) is 17.5 Å². The molecule has 26 heavy (non-hydrogen) atoms. The molecule has 12 heteroatoms. The van der Waals surface area contributed by atoms with Gasteiger partial charge < -0.3 is 0 Å². The van der Waals surface area contributed by atoms with Crippen molar-refractivity contribution in [2.24, 2.45) is 0 Å². The molecular formula is C14H8ClF3N4OS3. The standard InChI is InChI=1S/C14H8ClF3N4OS3/c15-8-3-1-7(2-4-8)9-5-24-13(19-9)25-6-10(23)20-12-22-21-11(26-12)14(16,17)18/h1-5H,6H2,(H,20,22,23). The van der Waals surface area contributed by atoms with E-state index in [1.165, 1.54) is 23.1 Å². The molecule has 5 nitrogen and oxygen atoms in total. The van der Waals surface area contributed by atoms with E-state index in [9.17, 15) is 18.0 Å². The molecule has 0 aliphatic heterocycles. The Balaban J connectivity index is 1.55. The van der Waals surface area contributed by atoms with Gasteiger partial charge in [-0.1, -0.05) is 46.8 Å². The summed E-state index contributed by atoms with van der Waals surface area (Å²) in [6, 6.07) is 7.19. The molecule has 0 saturated carbocycles. The summed E-state index contributed by atoms with van der Waals surface area (Å²) in [6.45, 7) is 0. The second-order valence-electron chi connectivity index (χ2n) is 4.75. The summed E-state index contributed by atoms with van der Waals surface area (Å²) in [4.78, 5) is 16.3. The lowest BCUT2D eigenvalue weighted by Gasteiger charge is -2.00. The second-order valence-corrected chi connectivity index (χ2v) is 8.25. The zero-order valence-electron chi connectivity index (χ0n) is 12.6. The fraction of sp³-hybridized carbons (Fsp3) is 0.143. The third-order valence-electron chi connectivity index (χ3n) is 2.86. The maximum Gasteiger partial charge on any atom is 0.445 e. The van der Waals surface area contributed by atoms with E-state index >= 15 is 0 Å². The van der Waals surface area contributed by atoms with Crippen LogP contribution in [0.2, 0.25) is 5.02 Å². The number of halogens is 4. The van der Waals surface area contributed by atoms with Crippen molar-refractivity contribution >= 4 is 57.1 Å². The van der Waals surface area contributed by atoms with E-state index in [0.29, 0.717) is 9.36 Å². The number of carbonyl (C=O) groups excluding carboxylic acids is 1. The smallest absolute Gasteiger partial charge is 0.300 e. The fourth-order valence-corrected chi connectivity index (χ4v) is 4.14. The summed E-state index contributed by atoms with van der Waals surface area (Å²) >= 11 is 8.68. The van der Waals surface area contributed by atoms with E-state index in [-0.39, 0.29) is 22.2 Å². The number of nitrogens with zero attached hydrogens (tertiary/aromatic N) is 3. The zero-order valence-corrected chi connectivity index (χ0v) is 15.8. The number of aromatic nitrogens is 3. The van der Waals surface area contributed by atoms with Gasteiger partial charge in [0.05, 0.1) is 11.4 Å². The van der Waals surface area contributed by atoms with Gasteiger partial charge in [-0.25, -0.2) is 4.98 Å². The van der Waals surface area contributed by atoms with Crippen LogP contribution in [0.25, 0.3) is 11.3 Å². The first kappa shape index (κ1) is 19.1. The molecule has 1 aromatic carbocycles. The zero-order chi connectivity index (χ0) is 18.7. The molecule has 0 aliphatic carbocycles. The summed E-state index contributed by atoms with van der Waals surface area (Å²) in [7, 11) is 0. The highest BCUT2D eigenvalue weighted by Crippen LogP contribution is 2.33. The van der Waals surface area contributed by atoms with Gasteiger partial charge in [-0.3, -0.25) is 10.1 Å². The normalized spacial score (nSPS) is 11.5. The third kappa shape index (κ3) is 4.93. The molecule has 3 rings (SSSR count). The molecule has 0 spiro atoms. The Morgan fingerprint density at radius 3 is 2.62 bits per heavy atom. The van der Waals surface area contributed by atoms with Crippen molar-refractivity contribution in [2.75, 3.05) is 11.1 Å². The summed E-state index contributed by atoms with van der Waals surface area (Å²) < 4.78 is 38.0. The van der Waals surface area contributed by atoms with Gasteiger partial charge in [0.25, 0.3) is 0 Å². The first-order chi connectivity index (χ1) is 12.3. The summed E-state index contributed by atoms with van der Waals surface area (Å²) in [5.74, 6) is -0.489. The number of thioether (sulfide) groups is 1. The maximum absolute atomic E-state index is 12.4. The number of amides is 1. The Morgan fingerprint density at radius 1 is 1.23 bits per heavy atom. The molecule has 0 radical (unpaired) electrons. The van der Waals surface area contributed by atoms with Gasteiger partial charge in [0.15, 0.2) is 4.34 Å². The first-order valence-electron chi connectivity index (χ1n) is 6.86. The lowest BCUT2D eigenvalue weighted by molar-refractivity contribution is -0.138. The number of thiazole rings is 1. The average Bonchev–Trinajstić information content (AvgIpc) is 3.22. The van der Waals surface area contributed by atoms with Crippen molar-refractivity contribution in [3.05, 3.63) is 39.7 Å². The number of nitrogens with one attached hydrogen (secondary N) is 1. The van der Waals surface area contributed by atoms with Crippen molar-refractivity contribution in [3.8, 4) is 11.3 Å². The Hall–Kier alpha value is -1.69. The van der Waals surface area contributed by atoms with Gasteiger partial charge in [0, 0.05) is 16.0 Å². The largest absolute Gasteiger partial charge is 0.445 e. The van der Waals surface area contributed by atoms with Gasteiger partial charge in [-0.2, -0.15) is 13.2 Å². The van der Waals surface area contributed by atoms with Crippen molar-refractivity contribution in [2.45, 2.75) is 10.5 Å². The number of benzene rings is 1. The fourth-order valence-electron chi connectivity index (χ4n) is 1.75. The molecule has 0 atom stereocenters. The molecule has 0 fully saturated rings. The van der Waals surface area contributed by atoms with Crippen molar-refractivity contribution < 1.29 is 18.0 Å². The Morgan fingerprint density at radius 2 is 1.96 bits per heavy atom. The minimum Gasteiger partial charge on any atom is -0.300 e. The summed E-state index contributed by atoms with van der Waals surface area (Å²) in [5.41, 5.74) is 1.66. The van der Waals surface area contributed by atoms with Crippen LogP contribution < -0.4 is 5.32 Å². The third-order valence-corrected chi connectivity index (χ3v) is 6.02. The van der Waals surface area contributed by atoms with Crippen LogP contribution in [0, 0.1) is 0 Å². The topological polar surface area (TPSA) is 67.8 Å².